The van der Waals surface area contributed by atoms with E-state index in [2.05, 4.69) is 10.6 Å². The first-order valence-corrected chi connectivity index (χ1v) is 12.9. The Morgan fingerprint density at radius 1 is 0.949 bits per heavy atom. The van der Waals surface area contributed by atoms with E-state index < -0.39 is 24.4 Å². The molecule has 39 heavy (non-hydrogen) atoms. The molecule has 0 atom stereocenters. The van der Waals surface area contributed by atoms with Gasteiger partial charge in [0, 0.05) is 11.3 Å². The number of carbonyl (C=O) groups excluding carboxylic acids is 3. The lowest BCUT2D eigenvalue weighted by Crippen LogP contribution is -2.38. The number of imide groups is 1. The second-order valence-electron chi connectivity index (χ2n) is 9.41. The van der Waals surface area contributed by atoms with Gasteiger partial charge < -0.3 is 15.4 Å². The summed E-state index contributed by atoms with van der Waals surface area (Å²) < 4.78 is 6.18. The molecule has 0 aliphatic carbocycles. The van der Waals surface area contributed by atoms with Crippen molar-refractivity contribution in [2.75, 3.05) is 11.9 Å². The Bertz CT molecular complexity index is 1590. The van der Waals surface area contributed by atoms with Crippen molar-refractivity contribution < 1.29 is 19.1 Å². The van der Waals surface area contributed by atoms with E-state index in [-0.39, 0.29) is 5.70 Å². The van der Waals surface area contributed by atoms with Crippen molar-refractivity contribution in [2.45, 2.75) is 26.9 Å². The number of nitrogens with one attached hydrogen (secondary N) is 2. The van der Waals surface area contributed by atoms with Crippen LogP contribution < -0.4 is 15.4 Å². The normalized spacial score (nSPS) is 14.1. The molecule has 2 N–H and O–H groups in total. The highest BCUT2D eigenvalue weighted by molar-refractivity contribution is 6.16. The minimum atomic E-state index is -0.646. The van der Waals surface area contributed by atoms with E-state index in [1.807, 2.05) is 92.7 Å². The van der Waals surface area contributed by atoms with Crippen LogP contribution in [0.4, 0.5) is 10.5 Å². The fraction of sp³-hybridized carbons (Fsp3) is 0.156. The van der Waals surface area contributed by atoms with E-state index in [1.54, 1.807) is 12.1 Å². The molecule has 4 amide bonds. The van der Waals surface area contributed by atoms with Crippen LogP contribution in [0.15, 0.2) is 90.6 Å². The third-order valence-corrected chi connectivity index (χ3v) is 6.67. The summed E-state index contributed by atoms with van der Waals surface area (Å²) in [6.07, 6.45) is 2.36. The lowest BCUT2D eigenvalue weighted by molar-refractivity contribution is -0.127. The molecule has 4 aromatic carbocycles. The van der Waals surface area contributed by atoms with Crippen LogP contribution >= 0.6 is 0 Å². The number of anilines is 1. The van der Waals surface area contributed by atoms with Crippen LogP contribution in [-0.4, -0.2) is 29.3 Å². The first-order chi connectivity index (χ1) is 18.9. The second-order valence-corrected chi connectivity index (χ2v) is 9.41. The Balaban J connectivity index is 1.39. The predicted octanol–water partition coefficient (Wildman–Crippen LogP) is 5.82. The van der Waals surface area contributed by atoms with Crippen molar-refractivity contribution in [3.63, 3.8) is 0 Å². The lowest BCUT2D eigenvalue weighted by Gasteiger charge is -2.14. The van der Waals surface area contributed by atoms with Gasteiger partial charge in [0.1, 0.15) is 24.6 Å². The fourth-order valence-electron chi connectivity index (χ4n) is 4.54. The summed E-state index contributed by atoms with van der Waals surface area (Å²) in [7, 11) is 0. The highest BCUT2D eigenvalue weighted by atomic mass is 16.5. The van der Waals surface area contributed by atoms with Gasteiger partial charge in [0.2, 0.25) is 5.91 Å². The first-order valence-electron chi connectivity index (χ1n) is 12.9. The number of rotatable bonds is 8. The summed E-state index contributed by atoms with van der Waals surface area (Å²) in [6.45, 7) is 3.97. The van der Waals surface area contributed by atoms with E-state index in [0.717, 1.165) is 38.8 Å². The molecule has 5 rings (SSSR count). The molecule has 0 aromatic heterocycles. The SMILES string of the molecule is CCc1ccccc1NC(=O)CN1C(=O)N/C(=C/c2c(OCc3ccc(C)cc3)ccc3ccccc23)C1=O. The Labute approximate surface area is 227 Å². The predicted molar refractivity (Wildman–Crippen MR) is 152 cm³/mol. The molecule has 0 bridgehead atoms. The molecular formula is C32H29N3O4. The highest BCUT2D eigenvalue weighted by Crippen LogP contribution is 2.31. The summed E-state index contributed by atoms with van der Waals surface area (Å²) in [6, 6.07) is 26.5. The van der Waals surface area contributed by atoms with Gasteiger partial charge >= 0.3 is 6.03 Å². The zero-order chi connectivity index (χ0) is 27.4. The Morgan fingerprint density at radius 3 is 2.49 bits per heavy atom. The number of hydrogen-bond acceptors (Lipinski definition) is 4. The molecule has 4 aromatic rings. The maximum atomic E-state index is 13.2. The third-order valence-electron chi connectivity index (χ3n) is 6.67. The fourth-order valence-corrected chi connectivity index (χ4v) is 4.54. The molecule has 1 aliphatic heterocycles. The molecule has 0 unspecified atom stereocenters. The minimum absolute atomic E-state index is 0.0818. The van der Waals surface area contributed by atoms with Crippen molar-refractivity contribution >= 4 is 40.4 Å². The monoisotopic (exact) mass is 519 g/mol. The maximum absolute atomic E-state index is 13.2. The molecule has 0 spiro atoms. The molecule has 1 saturated heterocycles. The number of urea groups is 1. The number of aryl methyl sites for hydroxylation is 2. The average molecular weight is 520 g/mol. The largest absolute Gasteiger partial charge is 0.488 e. The minimum Gasteiger partial charge on any atom is -0.488 e. The van der Waals surface area contributed by atoms with Crippen molar-refractivity contribution in [2.24, 2.45) is 0 Å². The van der Waals surface area contributed by atoms with Crippen LogP contribution in [0.2, 0.25) is 0 Å². The van der Waals surface area contributed by atoms with Crippen LogP contribution in [0.5, 0.6) is 5.75 Å². The maximum Gasteiger partial charge on any atom is 0.329 e. The molecular weight excluding hydrogens is 490 g/mol. The van der Waals surface area contributed by atoms with Gasteiger partial charge in [-0.15, -0.1) is 0 Å². The van der Waals surface area contributed by atoms with Crippen LogP contribution in [0.3, 0.4) is 0 Å². The molecule has 0 radical (unpaired) electrons. The number of amides is 4. The molecule has 7 heteroatoms. The van der Waals surface area contributed by atoms with Gasteiger partial charge in [-0.2, -0.15) is 0 Å². The molecule has 0 saturated carbocycles. The van der Waals surface area contributed by atoms with Crippen molar-refractivity contribution in [1.82, 2.24) is 10.2 Å². The number of nitrogens with zero attached hydrogens (tertiary/aromatic N) is 1. The highest BCUT2D eigenvalue weighted by Gasteiger charge is 2.35. The number of hydrogen-bond donors (Lipinski definition) is 2. The smallest absolute Gasteiger partial charge is 0.329 e. The number of para-hydroxylation sites is 1. The van der Waals surface area contributed by atoms with Crippen LogP contribution in [0.1, 0.15) is 29.2 Å². The van der Waals surface area contributed by atoms with E-state index in [0.29, 0.717) is 23.6 Å². The number of benzene rings is 4. The summed E-state index contributed by atoms with van der Waals surface area (Å²) in [5.74, 6) is -0.444. The van der Waals surface area contributed by atoms with Gasteiger partial charge in [-0.3, -0.25) is 9.59 Å². The number of fused-ring (bicyclic) bond motifs is 1. The third kappa shape index (κ3) is 5.67. The van der Waals surface area contributed by atoms with Gasteiger partial charge in [0.25, 0.3) is 5.91 Å². The lowest BCUT2D eigenvalue weighted by atomic mass is 10.0. The topological polar surface area (TPSA) is 87.7 Å². The van der Waals surface area contributed by atoms with Crippen molar-refractivity contribution in [1.29, 1.82) is 0 Å². The zero-order valence-corrected chi connectivity index (χ0v) is 21.9. The van der Waals surface area contributed by atoms with Crippen LogP contribution in [0.25, 0.3) is 16.8 Å². The van der Waals surface area contributed by atoms with Crippen LogP contribution in [-0.2, 0) is 22.6 Å². The van der Waals surface area contributed by atoms with E-state index in [4.69, 9.17) is 4.74 Å². The molecule has 7 nitrogen and oxygen atoms in total. The molecule has 1 aliphatic rings. The van der Waals surface area contributed by atoms with Gasteiger partial charge in [-0.1, -0.05) is 85.3 Å². The van der Waals surface area contributed by atoms with Crippen molar-refractivity contribution in [3.05, 3.63) is 113 Å². The zero-order valence-electron chi connectivity index (χ0n) is 21.9. The van der Waals surface area contributed by atoms with E-state index >= 15 is 0 Å². The number of ether oxygens (including phenoxy) is 1. The summed E-state index contributed by atoms with van der Waals surface area (Å²) >= 11 is 0. The standard InChI is InChI=1S/C32H29N3O4/c1-3-23-8-5-7-11-27(23)33-30(36)19-35-31(37)28(34-32(35)38)18-26-25-10-6-4-9-24(25)16-17-29(26)39-20-22-14-12-21(2)13-15-22/h4-18H,3,19-20H2,1-2H3,(H,33,36)(H,34,38)/b28-18+. The van der Waals surface area contributed by atoms with E-state index in [9.17, 15) is 14.4 Å². The van der Waals surface area contributed by atoms with Crippen LogP contribution in [0, 0.1) is 6.92 Å². The van der Waals surface area contributed by atoms with Gasteiger partial charge in [-0.25, -0.2) is 9.69 Å². The summed E-state index contributed by atoms with van der Waals surface area (Å²) in [5.41, 5.74) is 4.57. The van der Waals surface area contributed by atoms with Gasteiger partial charge in [-0.05, 0) is 53.5 Å². The van der Waals surface area contributed by atoms with Gasteiger partial charge in [0.05, 0.1) is 0 Å². The molecule has 196 valence electrons. The Morgan fingerprint density at radius 2 is 1.69 bits per heavy atom. The summed E-state index contributed by atoms with van der Waals surface area (Å²) in [4.78, 5) is 39.6. The van der Waals surface area contributed by atoms with Crippen molar-refractivity contribution in [3.8, 4) is 5.75 Å². The average Bonchev–Trinajstić information content (AvgIpc) is 3.21. The first kappa shape index (κ1) is 25.7. The summed E-state index contributed by atoms with van der Waals surface area (Å²) in [5, 5.41) is 7.28. The quantitative estimate of drug-likeness (QED) is 0.227. The molecule has 1 fully saturated rings. The Hall–Kier alpha value is -4.91. The number of carbonyl (C=O) groups is 3. The second kappa shape index (κ2) is 11.2. The molecule has 1 heterocycles. The van der Waals surface area contributed by atoms with E-state index in [1.165, 1.54) is 0 Å². The Kier molecular flexibility index (Phi) is 7.41. The van der Waals surface area contributed by atoms with Gasteiger partial charge in [0.15, 0.2) is 0 Å².